The zero-order chi connectivity index (χ0) is 13.5. The second kappa shape index (κ2) is 8.01. The van der Waals surface area contributed by atoms with Crippen molar-refractivity contribution in [1.82, 2.24) is 10.9 Å². The highest BCUT2D eigenvalue weighted by Crippen LogP contribution is 2.10. The minimum Gasteiger partial charge on any atom is -0.508 e. The van der Waals surface area contributed by atoms with Crippen LogP contribution in [0.3, 0.4) is 0 Å². The van der Waals surface area contributed by atoms with Crippen LogP contribution < -0.4 is 28.2 Å². The Labute approximate surface area is 116 Å². The molecule has 0 aliphatic rings. The van der Waals surface area contributed by atoms with E-state index in [4.69, 9.17) is 22.4 Å². The summed E-state index contributed by atoms with van der Waals surface area (Å²) >= 11 is 0. The van der Waals surface area contributed by atoms with Crippen LogP contribution in [0, 0.1) is 0 Å². The van der Waals surface area contributed by atoms with E-state index in [2.05, 4.69) is 16.0 Å². The van der Waals surface area contributed by atoms with Gasteiger partial charge in [-0.15, -0.1) is 17.5 Å². The van der Waals surface area contributed by atoms with Gasteiger partial charge in [-0.1, -0.05) is 12.1 Å². The number of rotatable bonds is 3. The van der Waals surface area contributed by atoms with E-state index in [0.29, 0.717) is 6.42 Å². The average Bonchev–Trinajstić information content (AvgIpc) is 2.38. The molecule has 1 amide bonds. The van der Waals surface area contributed by atoms with Gasteiger partial charge in [0.15, 0.2) is 0 Å². The van der Waals surface area contributed by atoms with Gasteiger partial charge in [-0.25, -0.2) is 0 Å². The van der Waals surface area contributed by atoms with Crippen molar-refractivity contribution < 1.29 is 9.90 Å². The largest absolute Gasteiger partial charge is 0.508 e. The quantitative estimate of drug-likeness (QED) is 0.172. The number of amides is 1. The van der Waals surface area contributed by atoms with Gasteiger partial charge >= 0.3 is 0 Å². The molecule has 19 heavy (non-hydrogen) atoms. The number of halogens is 1. The summed E-state index contributed by atoms with van der Waals surface area (Å²) < 4.78 is 0. The smallest absolute Gasteiger partial charge is 0.255 e. The van der Waals surface area contributed by atoms with Crippen molar-refractivity contribution in [3.63, 3.8) is 0 Å². The Morgan fingerprint density at radius 3 is 2.42 bits per heavy atom. The highest BCUT2D eigenvalue weighted by Gasteiger charge is 2.13. The first-order valence-corrected chi connectivity index (χ1v) is 5.15. The molecule has 0 spiro atoms. The lowest BCUT2D eigenvalue weighted by Gasteiger charge is -2.13. The van der Waals surface area contributed by atoms with Gasteiger partial charge in [0.2, 0.25) is 5.96 Å². The van der Waals surface area contributed by atoms with Crippen molar-refractivity contribution in [2.45, 2.75) is 12.5 Å². The Morgan fingerprint density at radius 1 is 1.32 bits per heavy atom. The van der Waals surface area contributed by atoms with Crippen LogP contribution in [0.5, 0.6) is 5.75 Å². The number of hydrazone groups is 1. The maximum absolute atomic E-state index is 11.5. The van der Waals surface area contributed by atoms with Gasteiger partial charge in [0.1, 0.15) is 5.75 Å². The summed E-state index contributed by atoms with van der Waals surface area (Å²) in [5.41, 5.74) is 16.3. The van der Waals surface area contributed by atoms with Gasteiger partial charge in [-0.05, 0) is 24.1 Å². The lowest BCUT2D eigenvalue weighted by molar-refractivity contribution is -0.122. The Bertz CT molecular complexity index is 436. The third-order valence-electron chi connectivity index (χ3n) is 2.18. The monoisotopic (exact) mass is 288 g/mol. The minimum atomic E-state index is -0.757. The number of hydrazine groups is 1. The number of nitrogens with zero attached hydrogens (tertiary/aromatic N) is 1. The van der Waals surface area contributed by atoms with Gasteiger partial charge in [0, 0.05) is 0 Å². The molecule has 1 rings (SSSR count). The number of benzene rings is 1. The van der Waals surface area contributed by atoms with Crippen LogP contribution in [0.1, 0.15) is 5.56 Å². The Hall–Kier alpha value is -2.19. The summed E-state index contributed by atoms with van der Waals surface area (Å²) in [4.78, 5) is 11.5. The van der Waals surface area contributed by atoms with E-state index >= 15 is 0 Å². The normalized spacial score (nSPS) is 12.2. The Morgan fingerprint density at radius 2 is 1.89 bits per heavy atom. The lowest BCUT2D eigenvalue weighted by atomic mass is 10.1. The van der Waals surface area contributed by atoms with Crippen molar-refractivity contribution in [3.8, 4) is 5.75 Å². The third-order valence-corrected chi connectivity index (χ3v) is 2.18. The maximum atomic E-state index is 11.5. The first-order chi connectivity index (χ1) is 8.52. The van der Waals surface area contributed by atoms with Crippen LogP contribution in [-0.4, -0.2) is 23.0 Å². The number of carbonyl (C=O) groups is 1. The number of hydrogen-bond acceptors (Lipinski definition) is 5. The number of hydrogen-bond donors (Lipinski definition) is 6. The Kier molecular flexibility index (Phi) is 7.08. The molecule has 0 bridgehead atoms. The summed E-state index contributed by atoms with van der Waals surface area (Å²) in [6.07, 6.45) is 0.327. The number of nitrogens with two attached hydrogens (primary N) is 3. The van der Waals surface area contributed by atoms with Gasteiger partial charge in [-0.3, -0.25) is 15.6 Å². The summed E-state index contributed by atoms with van der Waals surface area (Å²) in [5.74, 6) is 4.45. The number of phenols is 1. The Balaban J connectivity index is 0.00000324. The SMILES string of the molecule is Cl.NN=C(N)NNC(=O)C(N)Cc1ccc(O)cc1. The predicted octanol–water partition coefficient (Wildman–Crippen LogP) is -1.51. The molecule has 9 N–H and O–H groups in total. The molecular weight excluding hydrogens is 272 g/mol. The second-order valence-corrected chi connectivity index (χ2v) is 3.61. The van der Waals surface area contributed by atoms with Crippen LogP contribution >= 0.6 is 12.4 Å². The molecule has 1 aromatic carbocycles. The lowest BCUT2D eigenvalue weighted by Crippen LogP contribution is -2.52. The molecule has 106 valence electrons. The summed E-state index contributed by atoms with van der Waals surface area (Å²) in [6, 6.07) is 5.67. The molecule has 0 saturated heterocycles. The minimum absolute atomic E-state index is 0. The van der Waals surface area contributed by atoms with E-state index in [0.717, 1.165) is 5.56 Å². The fraction of sp³-hybridized carbons (Fsp3) is 0.200. The molecule has 1 aromatic rings. The first-order valence-electron chi connectivity index (χ1n) is 5.15. The van der Waals surface area contributed by atoms with Crippen molar-refractivity contribution in [1.29, 1.82) is 0 Å². The number of guanidine groups is 1. The molecule has 0 aromatic heterocycles. The van der Waals surface area contributed by atoms with Crippen molar-refractivity contribution >= 4 is 24.3 Å². The highest BCUT2D eigenvalue weighted by molar-refractivity contribution is 5.86. The molecule has 9 heteroatoms. The van der Waals surface area contributed by atoms with Gasteiger partial charge < -0.3 is 22.4 Å². The van der Waals surface area contributed by atoms with Crippen LogP contribution in [0.4, 0.5) is 0 Å². The molecule has 0 heterocycles. The zero-order valence-electron chi connectivity index (χ0n) is 10.0. The maximum Gasteiger partial charge on any atom is 0.255 e. The van der Waals surface area contributed by atoms with E-state index in [9.17, 15) is 4.79 Å². The molecule has 0 saturated carbocycles. The van der Waals surface area contributed by atoms with Gasteiger partial charge in [0.05, 0.1) is 6.04 Å². The molecule has 0 radical (unpaired) electrons. The molecule has 1 atom stereocenters. The first kappa shape index (κ1) is 16.8. The summed E-state index contributed by atoms with van der Waals surface area (Å²) in [5, 5.41) is 12.2. The van der Waals surface area contributed by atoms with Crippen LogP contribution in [0.25, 0.3) is 0 Å². The standard InChI is InChI=1S/C10H16N6O2.ClH/c11-8(9(18)15-16-10(12)14-13)5-6-1-3-7(17)4-2-6;/h1-4,8,17H,5,11,13H2,(H,15,18)(H3,12,14,16);1H. The molecule has 0 aliphatic carbocycles. The van der Waals surface area contributed by atoms with Crippen molar-refractivity contribution in [2.75, 3.05) is 0 Å². The van der Waals surface area contributed by atoms with Crippen LogP contribution in [0.2, 0.25) is 0 Å². The van der Waals surface area contributed by atoms with Gasteiger partial charge in [-0.2, -0.15) is 0 Å². The molecule has 0 fully saturated rings. The molecule has 8 nitrogen and oxygen atoms in total. The molecule has 0 aliphatic heterocycles. The van der Waals surface area contributed by atoms with Crippen molar-refractivity contribution in [3.05, 3.63) is 29.8 Å². The number of phenolic OH excluding ortho intramolecular Hbond substituents is 1. The fourth-order valence-electron chi connectivity index (χ4n) is 1.23. The van der Waals surface area contributed by atoms with E-state index in [1.807, 2.05) is 0 Å². The van der Waals surface area contributed by atoms with E-state index in [1.54, 1.807) is 12.1 Å². The number of nitrogens with one attached hydrogen (secondary N) is 2. The molecule has 1 unspecified atom stereocenters. The van der Waals surface area contributed by atoms with Crippen molar-refractivity contribution in [2.24, 2.45) is 22.4 Å². The van der Waals surface area contributed by atoms with E-state index in [-0.39, 0.29) is 24.1 Å². The zero-order valence-corrected chi connectivity index (χ0v) is 10.9. The van der Waals surface area contributed by atoms with Gasteiger partial charge in [0.25, 0.3) is 5.91 Å². The third kappa shape index (κ3) is 5.80. The second-order valence-electron chi connectivity index (χ2n) is 3.61. The fourth-order valence-corrected chi connectivity index (χ4v) is 1.23. The highest BCUT2D eigenvalue weighted by atomic mass is 35.5. The predicted molar refractivity (Wildman–Crippen MR) is 74.1 cm³/mol. The molecular formula is C10H17ClN6O2. The summed E-state index contributed by atoms with van der Waals surface area (Å²) in [7, 11) is 0. The van der Waals surface area contributed by atoms with E-state index < -0.39 is 11.9 Å². The number of carbonyl (C=O) groups excluding carboxylic acids is 1. The average molecular weight is 289 g/mol. The number of aromatic hydroxyl groups is 1. The van der Waals surface area contributed by atoms with E-state index in [1.165, 1.54) is 12.1 Å². The van der Waals surface area contributed by atoms with Crippen LogP contribution in [0.15, 0.2) is 29.4 Å². The summed E-state index contributed by atoms with van der Waals surface area (Å²) in [6.45, 7) is 0. The van der Waals surface area contributed by atoms with Crippen LogP contribution in [-0.2, 0) is 11.2 Å². The topological polar surface area (TPSA) is 152 Å².